The van der Waals surface area contributed by atoms with Crippen molar-refractivity contribution >= 4 is 56.5 Å². The molecule has 0 N–H and O–H groups in total. The second-order valence-electron chi connectivity index (χ2n) is 6.59. The maximum atomic E-state index is 12.7. The Kier molecular flexibility index (Phi) is 4.63. The molecule has 4 rings (SSSR count). The number of fused-ring (bicyclic) bond motifs is 2. The maximum absolute atomic E-state index is 12.7. The van der Waals surface area contributed by atoms with E-state index in [4.69, 9.17) is 4.98 Å². The average Bonchev–Trinajstić information content (AvgIpc) is 2.95. The molecule has 0 saturated carbocycles. The van der Waals surface area contributed by atoms with Crippen LogP contribution < -0.4 is 5.56 Å². The van der Waals surface area contributed by atoms with Crippen LogP contribution in [0, 0.1) is 10.5 Å². The topological polar surface area (TPSA) is 39.8 Å². The van der Waals surface area contributed by atoms with Gasteiger partial charge in [0.2, 0.25) is 0 Å². The van der Waals surface area contributed by atoms with Crippen LogP contribution in [-0.2, 0) is 13.6 Å². The summed E-state index contributed by atoms with van der Waals surface area (Å²) in [4.78, 5) is 17.4. The average molecular weight is 469 g/mol. The monoisotopic (exact) mass is 469 g/mol. The summed E-state index contributed by atoms with van der Waals surface area (Å²) in [5.74, 6) is 0.654. The van der Waals surface area contributed by atoms with E-state index in [0.717, 1.165) is 15.6 Å². The molecule has 0 amide bonds. The highest BCUT2D eigenvalue weighted by Gasteiger charge is 2.11. The second kappa shape index (κ2) is 6.96. The summed E-state index contributed by atoms with van der Waals surface area (Å²) in [5, 5.41) is 1.87. The van der Waals surface area contributed by atoms with Gasteiger partial charge in [-0.25, -0.2) is 4.98 Å². The molecule has 4 nitrogen and oxygen atoms in total. The number of halogens is 1. The lowest BCUT2D eigenvalue weighted by atomic mass is 10.1. The minimum atomic E-state index is -0.0223. The summed E-state index contributed by atoms with van der Waals surface area (Å²) >= 11 is 2.21. The lowest BCUT2D eigenvalue weighted by molar-refractivity contribution is 0.769. The number of benzene rings is 2. The Morgan fingerprint density at radius 2 is 1.89 bits per heavy atom. The molecule has 0 saturated heterocycles. The second-order valence-corrected chi connectivity index (χ2v) is 7.84. The first-order valence-corrected chi connectivity index (χ1v) is 10.0. The molecule has 136 valence electrons. The van der Waals surface area contributed by atoms with E-state index in [1.807, 2.05) is 24.3 Å². The summed E-state index contributed by atoms with van der Waals surface area (Å²) in [7, 11) is 1.77. The molecule has 0 fully saturated rings. The molecule has 0 spiro atoms. The minimum Gasteiger partial charge on any atom is -0.345 e. The maximum Gasteiger partial charge on any atom is 0.261 e. The fraction of sp³-hybridized carbons (Fsp3) is 0.182. The molecule has 4 aromatic rings. The van der Waals surface area contributed by atoms with Gasteiger partial charge >= 0.3 is 0 Å². The Labute approximate surface area is 171 Å². The number of para-hydroxylation sites is 1. The van der Waals surface area contributed by atoms with Crippen molar-refractivity contribution in [3.05, 3.63) is 73.5 Å². The highest BCUT2D eigenvalue weighted by molar-refractivity contribution is 14.1. The smallest absolute Gasteiger partial charge is 0.261 e. The zero-order chi connectivity index (χ0) is 19.1. The summed E-state index contributed by atoms with van der Waals surface area (Å²) in [6, 6.07) is 14.2. The van der Waals surface area contributed by atoms with Crippen molar-refractivity contribution in [2.45, 2.75) is 20.4 Å². The van der Waals surface area contributed by atoms with Crippen LogP contribution in [0.3, 0.4) is 0 Å². The molecule has 0 atom stereocenters. The van der Waals surface area contributed by atoms with Crippen molar-refractivity contribution in [1.82, 2.24) is 14.1 Å². The third-order valence-electron chi connectivity index (χ3n) is 5.07. The molecule has 2 aromatic carbocycles. The minimum absolute atomic E-state index is 0.0223. The van der Waals surface area contributed by atoms with E-state index < -0.39 is 0 Å². The standard InChI is InChI=1S/C22H20IN3O/c1-4-26-14(2)16(17-7-5-6-8-20(17)26)10-12-21-24-19-11-9-15(23)13-18(19)22(27)25(21)3/h5-13H,4H2,1-3H3/b12-10+. The van der Waals surface area contributed by atoms with Crippen LogP contribution in [0.15, 0.2) is 47.3 Å². The number of hydrogen-bond acceptors (Lipinski definition) is 2. The number of aryl methyl sites for hydroxylation is 1. The van der Waals surface area contributed by atoms with Crippen molar-refractivity contribution < 1.29 is 0 Å². The molecule has 0 aliphatic rings. The van der Waals surface area contributed by atoms with Gasteiger partial charge in [0.15, 0.2) is 0 Å². The van der Waals surface area contributed by atoms with E-state index in [-0.39, 0.29) is 5.56 Å². The molecule has 5 heteroatoms. The molecule has 0 aliphatic heterocycles. The number of nitrogens with zero attached hydrogens (tertiary/aromatic N) is 3. The lowest BCUT2D eigenvalue weighted by Gasteiger charge is -2.06. The van der Waals surface area contributed by atoms with Gasteiger partial charge in [0, 0.05) is 39.3 Å². The number of hydrogen-bond donors (Lipinski definition) is 0. The van der Waals surface area contributed by atoms with E-state index in [1.54, 1.807) is 11.6 Å². The van der Waals surface area contributed by atoms with Gasteiger partial charge < -0.3 is 4.57 Å². The number of rotatable bonds is 3. The Bertz CT molecular complexity index is 1260. The Morgan fingerprint density at radius 1 is 1.11 bits per heavy atom. The van der Waals surface area contributed by atoms with Gasteiger partial charge in [0.05, 0.1) is 10.9 Å². The SMILES string of the molecule is CCn1c(C)c(/C=C/c2nc3ccc(I)cc3c(=O)n2C)c2ccccc21. The van der Waals surface area contributed by atoms with Crippen LogP contribution >= 0.6 is 22.6 Å². The first-order valence-electron chi connectivity index (χ1n) is 8.93. The van der Waals surface area contributed by atoms with Crippen LogP contribution in [0.2, 0.25) is 0 Å². The van der Waals surface area contributed by atoms with Crippen molar-refractivity contribution in [3.63, 3.8) is 0 Å². The van der Waals surface area contributed by atoms with Crippen molar-refractivity contribution in [2.24, 2.45) is 7.05 Å². The third kappa shape index (κ3) is 3.00. The molecular formula is C22H20IN3O. The quantitative estimate of drug-likeness (QED) is 0.397. The lowest BCUT2D eigenvalue weighted by Crippen LogP contribution is -2.20. The molecule has 0 aliphatic carbocycles. The third-order valence-corrected chi connectivity index (χ3v) is 5.74. The summed E-state index contributed by atoms with van der Waals surface area (Å²) in [5.41, 5.74) is 4.32. The Balaban J connectivity index is 1.88. The fourth-order valence-electron chi connectivity index (χ4n) is 3.64. The predicted molar refractivity (Wildman–Crippen MR) is 121 cm³/mol. The summed E-state index contributed by atoms with van der Waals surface area (Å²) in [6.45, 7) is 5.21. The van der Waals surface area contributed by atoms with E-state index in [9.17, 15) is 4.79 Å². The molecule has 27 heavy (non-hydrogen) atoms. The molecule has 0 bridgehead atoms. The van der Waals surface area contributed by atoms with Gasteiger partial charge in [-0.15, -0.1) is 0 Å². The zero-order valence-corrected chi connectivity index (χ0v) is 17.7. The molecule has 0 radical (unpaired) electrons. The van der Waals surface area contributed by atoms with E-state index in [2.05, 4.69) is 71.3 Å². The van der Waals surface area contributed by atoms with Crippen molar-refractivity contribution in [3.8, 4) is 0 Å². The van der Waals surface area contributed by atoms with Gasteiger partial charge in [0.25, 0.3) is 5.56 Å². The predicted octanol–water partition coefficient (Wildman–Crippen LogP) is 4.99. The van der Waals surface area contributed by atoms with Gasteiger partial charge in [-0.3, -0.25) is 9.36 Å². The zero-order valence-electron chi connectivity index (χ0n) is 15.5. The Morgan fingerprint density at radius 3 is 2.67 bits per heavy atom. The molecule has 2 heterocycles. The summed E-state index contributed by atoms with van der Waals surface area (Å²) < 4.78 is 4.96. The van der Waals surface area contributed by atoms with Crippen LogP contribution in [0.25, 0.3) is 34.0 Å². The molecule has 2 aromatic heterocycles. The Hall–Kier alpha value is -2.41. The van der Waals surface area contributed by atoms with Crippen LogP contribution in [-0.4, -0.2) is 14.1 Å². The van der Waals surface area contributed by atoms with E-state index in [1.165, 1.54) is 22.2 Å². The van der Waals surface area contributed by atoms with Crippen molar-refractivity contribution in [1.29, 1.82) is 0 Å². The fourth-order valence-corrected chi connectivity index (χ4v) is 4.13. The van der Waals surface area contributed by atoms with Crippen LogP contribution in [0.5, 0.6) is 0 Å². The van der Waals surface area contributed by atoms with Gasteiger partial charge in [-0.05, 0) is 72.9 Å². The highest BCUT2D eigenvalue weighted by Crippen LogP contribution is 2.27. The van der Waals surface area contributed by atoms with Crippen LogP contribution in [0.1, 0.15) is 24.0 Å². The van der Waals surface area contributed by atoms with Crippen molar-refractivity contribution in [2.75, 3.05) is 0 Å². The highest BCUT2D eigenvalue weighted by atomic mass is 127. The molecule has 0 unspecified atom stereocenters. The summed E-state index contributed by atoms with van der Waals surface area (Å²) in [6.07, 6.45) is 4.01. The van der Waals surface area contributed by atoms with Gasteiger partial charge in [-0.2, -0.15) is 0 Å². The molecular weight excluding hydrogens is 449 g/mol. The largest absolute Gasteiger partial charge is 0.345 e. The van der Waals surface area contributed by atoms with E-state index in [0.29, 0.717) is 11.2 Å². The van der Waals surface area contributed by atoms with Gasteiger partial charge in [-0.1, -0.05) is 18.2 Å². The van der Waals surface area contributed by atoms with E-state index >= 15 is 0 Å². The normalized spacial score (nSPS) is 11.9. The van der Waals surface area contributed by atoms with Gasteiger partial charge in [0.1, 0.15) is 5.82 Å². The number of aromatic nitrogens is 3. The first-order chi connectivity index (χ1) is 13.0. The first kappa shape index (κ1) is 18.0. The van der Waals surface area contributed by atoms with Crippen LogP contribution in [0.4, 0.5) is 0 Å².